The molecule has 1 aliphatic heterocycles. The molecule has 1 aromatic carbocycles. The van der Waals surface area contributed by atoms with Gasteiger partial charge in [-0.25, -0.2) is 4.79 Å². The maximum Gasteiger partial charge on any atom is 0.326 e. The number of benzene rings is 1. The summed E-state index contributed by atoms with van der Waals surface area (Å²) in [5, 5.41) is 8.76. The van der Waals surface area contributed by atoms with Gasteiger partial charge in [-0.15, -0.1) is 11.6 Å². The second-order valence-electron chi connectivity index (χ2n) is 6.21. The van der Waals surface area contributed by atoms with Crippen molar-refractivity contribution in [3.05, 3.63) is 23.8 Å². The number of carbonyl (C=O) groups excluding carboxylic acids is 2. The second kappa shape index (κ2) is 6.43. The van der Waals surface area contributed by atoms with Gasteiger partial charge >= 0.3 is 5.97 Å². The van der Waals surface area contributed by atoms with Crippen LogP contribution in [0.15, 0.2) is 18.2 Å². The van der Waals surface area contributed by atoms with E-state index in [-0.39, 0.29) is 17.9 Å². The lowest BCUT2D eigenvalue weighted by Crippen LogP contribution is -2.57. The number of carbonyl (C=O) groups is 3. The summed E-state index contributed by atoms with van der Waals surface area (Å²) in [6, 6.07) is 3.55. The quantitative estimate of drug-likeness (QED) is 0.650. The third-order valence-electron chi connectivity index (χ3n) is 3.95. The van der Waals surface area contributed by atoms with Crippen molar-refractivity contribution in [3.63, 3.8) is 0 Å². The first-order chi connectivity index (χ1) is 11.1. The number of amides is 1. The number of hydrogen-bond acceptors (Lipinski definition) is 4. The molecule has 1 aliphatic rings. The first-order valence-electron chi connectivity index (χ1n) is 7.68. The molecule has 0 saturated heterocycles. The zero-order valence-corrected chi connectivity index (χ0v) is 14.8. The predicted molar refractivity (Wildman–Crippen MR) is 90.0 cm³/mol. The van der Waals surface area contributed by atoms with Crippen molar-refractivity contribution < 1.29 is 24.2 Å². The highest BCUT2D eigenvalue weighted by molar-refractivity contribution is 6.33. The maximum atomic E-state index is 12.8. The van der Waals surface area contributed by atoms with Crippen LogP contribution in [0.4, 0.5) is 5.69 Å². The number of fused-ring (bicyclic) bond motifs is 1. The van der Waals surface area contributed by atoms with Crippen LogP contribution in [0.5, 0.6) is 5.75 Å². The summed E-state index contributed by atoms with van der Waals surface area (Å²) in [6.07, 6.45) is 0.223. The molecule has 1 N–H and O–H groups in total. The number of rotatable bonds is 5. The molecule has 6 nitrogen and oxygen atoms in total. The summed E-state index contributed by atoms with van der Waals surface area (Å²) in [6.45, 7) is 6.40. The number of nitrogens with zero attached hydrogens (tertiary/aromatic N) is 1. The van der Waals surface area contributed by atoms with Crippen LogP contribution in [0.1, 0.15) is 44.5 Å². The highest BCUT2D eigenvalue weighted by Crippen LogP contribution is 2.40. The lowest BCUT2D eigenvalue weighted by atomic mass is 9.98. The molecule has 2 rings (SSSR count). The van der Waals surface area contributed by atoms with Gasteiger partial charge in [0.05, 0.1) is 11.1 Å². The van der Waals surface area contributed by atoms with Gasteiger partial charge < -0.3 is 9.84 Å². The number of carboxylic acid groups (broad SMARTS) is 1. The van der Waals surface area contributed by atoms with E-state index < -0.39 is 28.9 Å². The van der Waals surface area contributed by atoms with Gasteiger partial charge in [0.15, 0.2) is 11.4 Å². The van der Waals surface area contributed by atoms with Crippen molar-refractivity contribution in [1.82, 2.24) is 0 Å². The van der Waals surface area contributed by atoms with Crippen LogP contribution < -0.4 is 9.64 Å². The molecule has 24 heavy (non-hydrogen) atoms. The van der Waals surface area contributed by atoms with Gasteiger partial charge in [0, 0.05) is 5.56 Å². The summed E-state index contributed by atoms with van der Waals surface area (Å²) in [5.74, 6) is -1.53. The van der Waals surface area contributed by atoms with Crippen LogP contribution >= 0.6 is 11.6 Å². The van der Waals surface area contributed by atoms with Gasteiger partial charge in [0.2, 0.25) is 0 Å². The number of alkyl halides is 1. The fourth-order valence-electron chi connectivity index (χ4n) is 2.67. The van der Waals surface area contributed by atoms with Gasteiger partial charge in [-0.2, -0.15) is 0 Å². The molecule has 0 fully saturated rings. The van der Waals surface area contributed by atoms with Crippen molar-refractivity contribution in [2.45, 2.75) is 51.1 Å². The van der Waals surface area contributed by atoms with E-state index >= 15 is 0 Å². The zero-order valence-electron chi connectivity index (χ0n) is 14.0. The number of Topliss-reactive ketones (excluding diaryl/α,β-unsaturated/α-hetero) is 1. The number of carboxylic acids is 1. The molecule has 0 bridgehead atoms. The zero-order chi connectivity index (χ0) is 18.2. The molecule has 1 amide bonds. The maximum absolute atomic E-state index is 12.8. The smallest absolute Gasteiger partial charge is 0.326 e. The molecule has 130 valence electrons. The number of anilines is 1. The number of aliphatic carboxylic acids is 1. The number of hydrogen-bond donors (Lipinski definition) is 1. The van der Waals surface area contributed by atoms with Gasteiger partial charge in [-0.1, -0.05) is 6.92 Å². The standard InChI is InChI=1S/C17H20ClNO5/c1-5-11(15(21)22)19-12-8-10(14(20)9(2)18)6-7-13(12)24-17(3,4)16(19)23/h6-9,11H,5H2,1-4H3,(H,21,22). The van der Waals surface area contributed by atoms with Crippen LogP contribution in [-0.4, -0.2) is 39.8 Å². The van der Waals surface area contributed by atoms with E-state index in [0.29, 0.717) is 11.3 Å². The van der Waals surface area contributed by atoms with Crippen LogP contribution in [0.3, 0.4) is 0 Å². The summed E-state index contributed by atoms with van der Waals surface area (Å²) >= 11 is 5.84. The van der Waals surface area contributed by atoms with Crippen LogP contribution in [0.2, 0.25) is 0 Å². The molecule has 0 saturated carbocycles. The summed E-state index contributed by atoms with van der Waals surface area (Å²) in [7, 11) is 0. The summed E-state index contributed by atoms with van der Waals surface area (Å²) in [4.78, 5) is 37.7. The molecule has 0 radical (unpaired) electrons. The van der Waals surface area contributed by atoms with E-state index in [1.165, 1.54) is 11.0 Å². The molecular weight excluding hydrogens is 334 g/mol. The third kappa shape index (κ3) is 3.11. The first-order valence-corrected chi connectivity index (χ1v) is 8.11. The molecule has 7 heteroatoms. The molecule has 1 aromatic rings. The fraction of sp³-hybridized carbons (Fsp3) is 0.471. The van der Waals surface area contributed by atoms with Crippen molar-refractivity contribution in [3.8, 4) is 5.75 Å². The Bertz CT molecular complexity index is 698. The largest absolute Gasteiger partial charge is 0.480 e. The van der Waals surface area contributed by atoms with Crippen LogP contribution in [-0.2, 0) is 9.59 Å². The Morgan fingerprint density at radius 3 is 2.50 bits per heavy atom. The Balaban J connectivity index is 2.63. The van der Waals surface area contributed by atoms with E-state index in [4.69, 9.17) is 16.3 Å². The normalized spacial score (nSPS) is 18.4. The van der Waals surface area contributed by atoms with E-state index in [1.807, 2.05) is 0 Å². The predicted octanol–water partition coefficient (Wildman–Crippen LogP) is 2.86. The Morgan fingerprint density at radius 1 is 1.38 bits per heavy atom. The number of halogens is 1. The summed E-state index contributed by atoms with van der Waals surface area (Å²) in [5.41, 5.74) is -0.615. The molecule has 1 heterocycles. The SMILES string of the molecule is CCC(C(=O)O)N1C(=O)C(C)(C)Oc2ccc(C(=O)C(C)Cl)cc21. The van der Waals surface area contributed by atoms with Gasteiger partial charge in [-0.3, -0.25) is 14.5 Å². The Morgan fingerprint density at radius 2 is 2.00 bits per heavy atom. The molecule has 2 unspecified atom stereocenters. The molecule has 2 atom stereocenters. The van der Waals surface area contributed by atoms with Gasteiger partial charge in [0.25, 0.3) is 5.91 Å². The van der Waals surface area contributed by atoms with Crippen molar-refractivity contribution >= 4 is 34.9 Å². The minimum absolute atomic E-state index is 0.223. The average Bonchev–Trinajstić information content (AvgIpc) is 2.50. The molecule has 0 aliphatic carbocycles. The lowest BCUT2D eigenvalue weighted by molar-refractivity contribution is -0.143. The van der Waals surface area contributed by atoms with E-state index in [2.05, 4.69) is 0 Å². The monoisotopic (exact) mass is 353 g/mol. The fourth-order valence-corrected chi connectivity index (χ4v) is 2.80. The van der Waals surface area contributed by atoms with E-state index in [0.717, 1.165) is 0 Å². The van der Waals surface area contributed by atoms with E-state index in [1.54, 1.807) is 39.8 Å². The average molecular weight is 354 g/mol. The topological polar surface area (TPSA) is 83.9 Å². The minimum Gasteiger partial charge on any atom is -0.480 e. The van der Waals surface area contributed by atoms with E-state index in [9.17, 15) is 19.5 Å². The highest BCUT2D eigenvalue weighted by atomic mass is 35.5. The third-order valence-corrected chi connectivity index (χ3v) is 4.14. The lowest BCUT2D eigenvalue weighted by Gasteiger charge is -2.41. The molecule has 0 aromatic heterocycles. The van der Waals surface area contributed by atoms with Crippen molar-refractivity contribution in [2.24, 2.45) is 0 Å². The van der Waals surface area contributed by atoms with Crippen molar-refractivity contribution in [1.29, 1.82) is 0 Å². The van der Waals surface area contributed by atoms with Gasteiger partial charge in [-0.05, 0) is 45.4 Å². The van der Waals surface area contributed by atoms with Gasteiger partial charge in [0.1, 0.15) is 11.8 Å². The van der Waals surface area contributed by atoms with Crippen molar-refractivity contribution in [2.75, 3.05) is 4.90 Å². The Kier molecular flexibility index (Phi) is 4.90. The van der Waals surface area contributed by atoms with Crippen LogP contribution in [0, 0.1) is 0 Å². The number of ketones is 1. The summed E-state index contributed by atoms with van der Waals surface area (Å²) < 4.78 is 5.70. The van der Waals surface area contributed by atoms with Crippen LogP contribution in [0.25, 0.3) is 0 Å². The Hall–Kier alpha value is -2.08. The number of ether oxygens (including phenoxy) is 1. The highest BCUT2D eigenvalue weighted by Gasteiger charge is 2.45. The second-order valence-corrected chi connectivity index (χ2v) is 6.87. The molecular formula is C17H20ClNO5. The Labute approximate surface area is 145 Å². The minimum atomic E-state index is -1.19. The molecule has 0 spiro atoms. The first kappa shape index (κ1) is 18.3.